The van der Waals surface area contributed by atoms with Crippen molar-refractivity contribution in [1.82, 2.24) is 14.7 Å². The molecule has 0 bridgehead atoms. The van der Waals surface area contributed by atoms with E-state index in [0.29, 0.717) is 29.7 Å². The van der Waals surface area contributed by atoms with Gasteiger partial charge in [0.2, 0.25) is 11.8 Å². The highest BCUT2D eigenvalue weighted by Gasteiger charge is 2.38. The smallest absolute Gasteiger partial charge is 0.475 e. The van der Waals surface area contributed by atoms with Gasteiger partial charge >= 0.3 is 12.1 Å². The molecule has 0 aliphatic carbocycles. The molecule has 0 radical (unpaired) electrons. The van der Waals surface area contributed by atoms with Gasteiger partial charge in [0.1, 0.15) is 0 Å². The maximum Gasteiger partial charge on any atom is 0.490 e. The van der Waals surface area contributed by atoms with E-state index in [1.54, 1.807) is 13.0 Å². The molecule has 2 aromatic carbocycles. The van der Waals surface area contributed by atoms with Crippen LogP contribution < -0.4 is 0 Å². The standard InChI is InChI=1S/C30H39Cl2N3O2.C2HF3O2/c1-23(36)34-18-12-27(13-19-34)30(37)35(22-26-8-9-28(31)29(32)21-26)15-5-14-33-16-10-25(11-17-33)20-24-6-3-2-4-7-24;3-2(4,5)1(6)7/h2-4,6-9,21,25,27H,5,10-20,22H2,1H3;(H,6,7). The zero-order valence-corrected chi connectivity index (χ0v) is 26.4. The van der Waals surface area contributed by atoms with E-state index in [1.165, 1.54) is 24.8 Å². The monoisotopic (exact) mass is 657 g/mol. The highest BCUT2D eigenvalue weighted by atomic mass is 35.5. The summed E-state index contributed by atoms with van der Waals surface area (Å²) < 4.78 is 31.7. The number of hydrogen-bond acceptors (Lipinski definition) is 4. The number of halogens is 5. The van der Waals surface area contributed by atoms with Crippen molar-refractivity contribution in [2.24, 2.45) is 11.8 Å². The van der Waals surface area contributed by atoms with Crippen molar-refractivity contribution in [2.75, 3.05) is 39.3 Å². The van der Waals surface area contributed by atoms with Gasteiger partial charge in [-0.3, -0.25) is 9.59 Å². The fraction of sp³-hybridized carbons (Fsp3) is 0.531. The lowest BCUT2D eigenvalue weighted by Crippen LogP contribution is -2.44. The first-order chi connectivity index (χ1) is 20.8. The van der Waals surface area contributed by atoms with Gasteiger partial charge in [-0.05, 0) is 87.3 Å². The predicted octanol–water partition coefficient (Wildman–Crippen LogP) is 6.56. The van der Waals surface area contributed by atoms with Gasteiger partial charge in [0.05, 0.1) is 10.0 Å². The normalized spacial score (nSPS) is 16.6. The summed E-state index contributed by atoms with van der Waals surface area (Å²) in [6.45, 7) is 7.42. The molecule has 0 spiro atoms. The summed E-state index contributed by atoms with van der Waals surface area (Å²) in [6, 6.07) is 16.4. The van der Waals surface area contributed by atoms with Crippen molar-refractivity contribution in [3.05, 3.63) is 69.7 Å². The van der Waals surface area contributed by atoms with E-state index < -0.39 is 12.1 Å². The van der Waals surface area contributed by atoms with Gasteiger partial charge in [-0.2, -0.15) is 13.2 Å². The third-order valence-electron chi connectivity index (χ3n) is 8.18. The first-order valence-electron chi connectivity index (χ1n) is 14.9. The molecule has 2 amide bonds. The lowest BCUT2D eigenvalue weighted by Gasteiger charge is -2.35. The molecule has 12 heteroatoms. The Balaban J connectivity index is 0.000000676. The molecule has 0 atom stereocenters. The Morgan fingerprint density at radius 3 is 2.07 bits per heavy atom. The lowest BCUT2D eigenvalue weighted by atomic mass is 9.90. The Morgan fingerprint density at radius 2 is 1.52 bits per heavy atom. The fourth-order valence-corrected chi connectivity index (χ4v) is 5.99. The third-order valence-corrected chi connectivity index (χ3v) is 8.92. The van der Waals surface area contributed by atoms with Crippen LogP contribution in [-0.2, 0) is 27.3 Å². The average Bonchev–Trinajstić information content (AvgIpc) is 2.99. The van der Waals surface area contributed by atoms with Gasteiger partial charge in [0.25, 0.3) is 0 Å². The number of carboxylic acids is 1. The number of nitrogens with zero attached hydrogens (tertiary/aromatic N) is 3. The Morgan fingerprint density at radius 1 is 0.909 bits per heavy atom. The van der Waals surface area contributed by atoms with Crippen LogP contribution in [0.15, 0.2) is 48.5 Å². The molecule has 7 nitrogen and oxygen atoms in total. The fourth-order valence-electron chi connectivity index (χ4n) is 5.67. The number of carbonyl (C=O) groups is 3. The topological polar surface area (TPSA) is 81.2 Å². The Bertz CT molecular complexity index is 1230. The van der Waals surface area contributed by atoms with Gasteiger partial charge in [0.15, 0.2) is 0 Å². The first-order valence-corrected chi connectivity index (χ1v) is 15.6. The minimum atomic E-state index is -5.08. The minimum Gasteiger partial charge on any atom is -0.475 e. The maximum absolute atomic E-state index is 13.6. The van der Waals surface area contributed by atoms with Crippen molar-refractivity contribution in [1.29, 1.82) is 0 Å². The van der Waals surface area contributed by atoms with Crippen LogP contribution in [-0.4, -0.2) is 83.0 Å². The maximum atomic E-state index is 13.6. The highest BCUT2D eigenvalue weighted by molar-refractivity contribution is 6.42. The molecule has 2 heterocycles. The quantitative estimate of drug-likeness (QED) is 0.330. The second-order valence-electron chi connectivity index (χ2n) is 11.4. The predicted molar refractivity (Wildman–Crippen MR) is 164 cm³/mol. The van der Waals surface area contributed by atoms with Crippen molar-refractivity contribution in [3.8, 4) is 0 Å². The highest BCUT2D eigenvalue weighted by Crippen LogP contribution is 2.26. The molecule has 2 aliphatic heterocycles. The molecule has 2 aromatic rings. The van der Waals surface area contributed by atoms with Crippen molar-refractivity contribution in [3.63, 3.8) is 0 Å². The van der Waals surface area contributed by atoms with Gasteiger partial charge in [0, 0.05) is 39.0 Å². The van der Waals surface area contributed by atoms with E-state index >= 15 is 0 Å². The Labute approximate surface area is 266 Å². The summed E-state index contributed by atoms with van der Waals surface area (Å²) in [4.78, 5) is 40.6. The van der Waals surface area contributed by atoms with Gasteiger partial charge in [-0.25, -0.2) is 4.79 Å². The number of rotatable bonds is 9. The number of aliphatic carboxylic acids is 1. The Hall–Kier alpha value is -2.82. The second kappa shape index (κ2) is 17.0. The number of carbonyl (C=O) groups excluding carboxylic acids is 2. The zero-order chi connectivity index (χ0) is 32.3. The molecule has 2 fully saturated rings. The summed E-state index contributed by atoms with van der Waals surface area (Å²) in [6.07, 6.45) is 0.952. The largest absolute Gasteiger partial charge is 0.490 e. The molecule has 44 heavy (non-hydrogen) atoms. The van der Waals surface area contributed by atoms with Crippen molar-refractivity contribution < 1.29 is 32.7 Å². The molecular weight excluding hydrogens is 618 g/mol. The van der Waals surface area contributed by atoms with Crippen LogP contribution in [0, 0.1) is 11.8 Å². The van der Waals surface area contributed by atoms with Crippen LogP contribution in [0.5, 0.6) is 0 Å². The van der Waals surface area contributed by atoms with E-state index in [2.05, 4.69) is 35.2 Å². The van der Waals surface area contributed by atoms with Crippen LogP contribution in [0.3, 0.4) is 0 Å². The number of alkyl halides is 3. The second-order valence-corrected chi connectivity index (χ2v) is 12.2. The summed E-state index contributed by atoms with van der Waals surface area (Å²) in [5.41, 5.74) is 2.43. The van der Waals surface area contributed by atoms with Crippen molar-refractivity contribution in [2.45, 2.75) is 58.2 Å². The lowest BCUT2D eigenvalue weighted by molar-refractivity contribution is -0.192. The molecule has 242 valence electrons. The molecular formula is C32H40Cl2F3N3O4. The molecule has 0 aromatic heterocycles. The number of likely N-dealkylation sites (tertiary alicyclic amines) is 2. The SMILES string of the molecule is CC(=O)N1CCC(C(=O)N(CCCN2CCC(Cc3ccccc3)CC2)Cc2ccc(Cl)c(Cl)c2)CC1.O=C(O)C(F)(F)F. The summed E-state index contributed by atoms with van der Waals surface area (Å²) in [5.74, 6) is -1.76. The van der Waals surface area contributed by atoms with Crippen LogP contribution in [0.25, 0.3) is 0 Å². The molecule has 2 saturated heterocycles. The van der Waals surface area contributed by atoms with Gasteiger partial charge in [-0.1, -0.05) is 59.6 Å². The van der Waals surface area contributed by atoms with Gasteiger partial charge < -0.3 is 19.8 Å². The average molecular weight is 659 g/mol. The number of amides is 2. The zero-order valence-electron chi connectivity index (χ0n) is 24.9. The summed E-state index contributed by atoms with van der Waals surface area (Å²) in [7, 11) is 0. The third kappa shape index (κ3) is 11.6. The number of benzene rings is 2. The summed E-state index contributed by atoms with van der Waals surface area (Å²) >= 11 is 12.4. The molecule has 0 saturated carbocycles. The molecule has 4 rings (SSSR count). The first kappa shape index (κ1) is 35.7. The molecule has 1 N–H and O–H groups in total. The van der Waals surface area contributed by atoms with Crippen LogP contribution in [0.2, 0.25) is 10.0 Å². The van der Waals surface area contributed by atoms with Crippen LogP contribution >= 0.6 is 23.2 Å². The number of hydrogen-bond donors (Lipinski definition) is 1. The van der Waals surface area contributed by atoms with Crippen LogP contribution in [0.4, 0.5) is 13.2 Å². The van der Waals surface area contributed by atoms with Crippen LogP contribution in [0.1, 0.15) is 50.2 Å². The molecule has 0 unspecified atom stereocenters. The van der Waals surface area contributed by atoms with E-state index in [4.69, 9.17) is 33.1 Å². The Kier molecular flexibility index (Phi) is 13.8. The van der Waals surface area contributed by atoms with E-state index in [9.17, 15) is 22.8 Å². The van der Waals surface area contributed by atoms with E-state index in [-0.39, 0.29) is 17.7 Å². The van der Waals surface area contributed by atoms with E-state index in [1.807, 2.05) is 21.9 Å². The van der Waals surface area contributed by atoms with Crippen molar-refractivity contribution >= 4 is 41.0 Å². The minimum absolute atomic E-state index is 0.0351. The summed E-state index contributed by atoms with van der Waals surface area (Å²) in [5, 5.41) is 8.16. The van der Waals surface area contributed by atoms with E-state index in [0.717, 1.165) is 56.9 Å². The molecule has 2 aliphatic rings. The number of carboxylic acid groups (broad SMARTS) is 1. The number of piperidine rings is 2. The van der Waals surface area contributed by atoms with Gasteiger partial charge in [-0.15, -0.1) is 0 Å².